The molecule has 4 aliphatic heterocycles. The maximum Gasteiger partial charge on any atom is 0.312 e. The zero-order chi connectivity index (χ0) is 55.3. The quantitative estimate of drug-likeness (QED) is 0.0753. The third kappa shape index (κ3) is 10.8. The molecule has 4 rings (SSSR count). The second-order valence-corrected chi connectivity index (χ2v) is 27.6. The first kappa shape index (κ1) is 62.1. The monoisotopic (exact) mass is 1020 g/mol. The lowest BCUT2D eigenvalue weighted by molar-refractivity contribution is -0.336. The van der Waals surface area contributed by atoms with Gasteiger partial charge in [-0.1, -0.05) is 27.7 Å². The largest absolute Gasteiger partial charge is 0.481 e. The lowest BCUT2D eigenvalue weighted by atomic mass is 9.32. The van der Waals surface area contributed by atoms with Crippen LogP contribution in [0.4, 0.5) is 0 Å². The van der Waals surface area contributed by atoms with Gasteiger partial charge in [0.1, 0.15) is 5.41 Å². The van der Waals surface area contributed by atoms with E-state index >= 15 is 14.4 Å². The fraction of sp³-hybridized carbons (Fsp3) is 0.929. The van der Waals surface area contributed by atoms with Gasteiger partial charge in [-0.25, -0.2) is 0 Å². The van der Waals surface area contributed by atoms with E-state index in [1.165, 1.54) is 0 Å². The van der Waals surface area contributed by atoms with Crippen LogP contribution >= 0.6 is 0 Å². The SMILES string of the molecule is CCCON1C(C)(C)CC(C(CC(=O)O)(C(=O)O)C(C(=O)O)(C2CC(C)(C)N(OCCC)C(C)(C)C2)C(C(=O)O)(C2CC(C)(C)N(OCCC)C(C)(C)C2)C2CC(C)(C)N(OCCC)C(C)(C)C2)CC1(C)C. The average Bonchev–Trinajstić information content (AvgIpc) is 3.18. The summed E-state index contributed by atoms with van der Waals surface area (Å²) in [5.74, 6) is -10.6. The summed E-state index contributed by atoms with van der Waals surface area (Å²) in [7, 11) is 0. The Morgan fingerprint density at radius 1 is 0.389 bits per heavy atom. The highest BCUT2D eigenvalue weighted by atomic mass is 16.7. The molecule has 72 heavy (non-hydrogen) atoms. The van der Waals surface area contributed by atoms with Crippen molar-refractivity contribution in [1.82, 2.24) is 20.3 Å². The molecule has 0 radical (unpaired) electrons. The molecule has 4 aliphatic rings. The molecule has 418 valence electrons. The molecule has 0 aromatic heterocycles. The van der Waals surface area contributed by atoms with Crippen LogP contribution in [-0.2, 0) is 38.5 Å². The second kappa shape index (κ2) is 21.5. The van der Waals surface area contributed by atoms with Gasteiger partial charge in [-0.3, -0.25) is 38.5 Å². The van der Waals surface area contributed by atoms with Gasteiger partial charge in [0.05, 0.1) is 43.7 Å². The molecule has 2 unspecified atom stereocenters. The van der Waals surface area contributed by atoms with E-state index in [-0.39, 0.29) is 51.4 Å². The number of aliphatic carboxylic acids is 4. The molecule has 0 aliphatic carbocycles. The molecule has 16 heteroatoms. The van der Waals surface area contributed by atoms with Gasteiger partial charge in [0, 0.05) is 44.3 Å². The highest BCUT2D eigenvalue weighted by Gasteiger charge is 2.84. The van der Waals surface area contributed by atoms with Gasteiger partial charge in [-0.2, -0.15) is 20.3 Å². The molecular weight excluding hydrogens is 921 g/mol. The minimum atomic E-state index is -2.82. The number of carboxylic acids is 4. The Hall–Kier alpha value is -2.44. The molecule has 4 fully saturated rings. The molecule has 2 atom stereocenters. The Morgan fingerprint density at radius 2 is 0.625 bits per heavy atom. The predicted octanol–water partition coefficient (Wildman–Crippen LogP) is 11.1. The van der Waals surface area contributed by atoms with Crippen molar-refractivity contribution in [2.24, 2.45) is 39.9 Å². The van der Waals surface area contributed by atoms with E-state index in [1.54, 1.807) is 0 Å². The van der Waals surface area contributed by atoms with Gasteiger partial charge in [-0.05, 0) is 212 Å². The Kier molecular flexibility index (Phi) is 18.6. The number of rotatable bonds is 23. The van der Waals surface area contributed by atoms with Crippen LogP contribution in [0.15, 0.2) is 0 Å². The first-order chi connectivity index (χ1) is 32.8. The molecule has 4 saturated heterocycles. The maximum absolute atomic E-state index is 16.5. The molecule has 0 spiro atoms. The van der Waals surface area contributed by atoms with Crippen molar-refractivity contribution in [3.8, 4) is 0 Å². The smallest absolute Gasteiger partial charge is 0.312 e. The molecular formula is C56H102N4O12. The number of hydrogen-bond donors (Lipinski definition) is 4. The van der Waals surface area contributed by atoms with Crippen LogP contribution in [0.25, 0.3) is 0 Å². The first-order valence-corrected chi connectivity index (χ1v) is 27.4. The van der Waals surface area contributed by atoms with Crippen molar-refractivity contribution < 1.29 is 59.0 Å². The van der Waals surface area contributed by atoms with Crippen molar-refractivity contribution in [2.45, 2.75) is 266 Å². The fourth-order valence-electron chi connectivity index (χ4n) is 16.9. The van der Waals surface area contributed by atoms with Crippen LogP contribution in [0.1, 0.15) is 222 Å². The van der Waals surface area contributed by atoms with E-state index < -0.39 is 115 Å². The van der Waals surface area contributed by atoms with Crippen LogP contribution in [-0.4, -0.2) is 135 Å². The summed E-state index contributed by atoms with van der Waals surface area (Å²) >= 11 is 0. The van der Waals surface area contributed by atoms with Crippen LogP contribution in [0.3, 0.4) is 0 Å². The molecule has 0 aromatic carbocycles. The minimum Gasteiger partial charge on any atom is -0.481 e. The van der Waals surface area contributed by atoms with Crippen molar-refractivity contribution in [3.63, 3.8) is 0 Å². The zero-order valence-electron chi connectivity index (χ0n) is 48.7. The normalized spacial score (nSPS) is 26.9. The number of piperidine rings is 4. The number of carboxylic acid groups (broad SMARTS) is 4. The third-order valence-electron chi connectivity index (χ3n) is 17.5. The topological polar surface area (TPSA) is 199 Å². The van der Waals surface area contributed by atoms with Gasteiger partial charge < -0.3 is 20.4 Å². The summed E-state index contributed by atoms with van der Waals surface area (Å²) in [6.07, 6.45) is 2.17. The summed E-state index contributed by atoms with van der Waals surface area (Å²) in [5.41, 5.74) is -15.6. The summed E-state index contributed by atoms with van der Waals surface area (Å²) in [4.78, 5) is 89.3. The van der Waals surface area contributed by atoms with Crippen LogP contribution in [0.2, 0.25) is 0 Å². The van der Waals surface area contributed by atoms with E-state index in [0.29, 0.717) is 52.1 Å². The lowest BCUT2D eigenvalue weighted by Gasteiger charge is -2.71. The van der Waals surface area contributed by atoms with Gasteiger partial charge in [-0.15, -0.1) is 0 Å². The van der Waals surface area contributed by atoms with Gasteiger partial charge in [0.15, 0.2) is 0 Å². The van der Waals surface area contributed by atoms with E-state index in [1.807, 2.05) is 159 Å². The van der Waals surface area contributed by atoms with Gasteiger partial charge in [0.2, 0.25) is 0 Å². The first-order valence-electron chi connectivity index (χ1n) is 27.4. The number of nitrogens with zero attached hydrogens (tertiary/aromatic N) is 4. The fourth-order valence-corrected chi connectivity index (χ4v) is 16.9. The van der Waals surface area contributed by atoms with Gasteiger partial charge in [0.25, 0.3) is 0 Å². The van der Waals surface area contributed by atoms with E-state index in [2.05, 4.69) is 0 Å². The molecule has 16 nitrogen and oxygen atoms in total. The summed E-state index contributed by atoms with van der Waals surface area (Å²) < 4.78 is 0. The summed E-state index contributed by atoms with van der Waals surface area (Å²) in [5, 5.41) is 58.9. The molecule has 0 saturated carbocycles. The average molecular weight is 1020 g/mol. The molecule has 0 bridgehead atoms. The molecule has 4 heterocycles. The Bertz CT molecular complexity index is 1810. The van der Waals surface area contributed by atoms with Gasteiger partial charge >= 0.3 is 23.9 Å². The summed E-state index contributed by atoms with van der Waals surface area (Å²) in [6.45, 7) is 41.1. The van der Waals surface area contributed by atoms with Crippen LogP contribution in [0, 0.1) is 39.9 Å². The number of hydroxylamine groups is 8. The number of hydrogen-bond acceptors (Lipinski definition) is 12. The Balaban J connectivity index is 2.45. The van der Waals surface area contributed by atoms with Crippen molar-refractivity contribution in [1.29, 1.82) is 0 Å². The lowest BCUT2D eigenvalue weighted by Crippen LogP contribution is -2.79. The molecule has 0 amide bonds. The summed E-state index contributed by atoms with van der Waals surface area (Å²) in [6, 6.07) is 0. The van der Waals surface area contributed by atoms with Crippen LogP contribution < -0.4 is 0 Å². The second-order valence-electron chi connectivity index (χ2n) is 27.6. The third-order valence-corrected chi connectivity index (χ3v) is 17.5. The Labute approximate surface area is 434 Å². The van der Waals surface area contributed by atoms with E-state index in [0.717, 1.165) is 0 Å². The van der Waals surface area contributed by atoms with Crippen LogP contribution in [0.5, 0.6) is 0 Å². The molecule has 4 N–H and O–H groups in total. The Morgan fingerprint density at radius 3 is 0.819 bits per heavy atom. The zero-order valence-corrected chi connectivity index (χ0v) is 48.7. The van der Waals surface area contributed by atoms with Crippen molar-refractivity contribution in [2.75, 3.05) is 26.4 Å². The number of carbonyl (C=O) groups is 4. The standard InChI is InChI=1S/C56H102N4O12/c1-21-25-69-57-46(5,6)29-38(30-47(57,7)8)54(43(63)64,37-42(61)62)56(45(67)68,41-35-52(17,18)60(72-28-24-4)53(19,20)36-41)55(44(65)66,39-31-48(9,10)58(70-26-22-2)49(11,12)32-39)40-33-50(13,14)59(71-27-23-3)51(15,16)34-40/h38-41H,21-37H2,1-20H3,(H,61,62)(H,63,64)(H,65,66)(H,67,68). The van der Waals surface area contributed by atoms with E-state index in [4.69, 9.17) is 19.4 Å². The highest BCUT2D eigenvalue weighted by Crippen LogP contribution is 2.75. The van der Waals surface area contributed by atoms with E-state index in [9.17, 15) is 25.2 Å². The predicted molar refractivity (Wildman–Crippen MR) is 278 cm³/mol. The highest BCUT2D eigenvalue weighted by molar-refractivity contribution is 5.96. The minimum absolute atomic E-state index is 0.00213. The van der Waals surface area contributed by atoms with Crippen molar-refractivity contribution in [3.05, 3.63) is 0 Å². The van der Waals surface area contributed by atoms with Crippen molar-refractivity contribution >= 4 is 23.9 Å². The molecule has 0 aromatic rings. The maximum atomic E-state index is 16.5.